The first-order valence-electron chi connectivity index (χ1n) is 14.2. The van der Waals surface area contributed by atoms with Gasteiger partial charge in [0.05, 0.1) is 18.3 Å². The smallest absolute Gasteiger partial charge is 0.251 e. The summed E-state index contributed by atoms with van der Waals surface area (Å²) in [5.74, 6) is -0.380. The third kappa shape index (κ3) is 6.86. The number of carbonyl (C=O) groups is 3. The molecule has 3 atom stereocenters. The number of aromatic nitrogens is 1. The predicted molar refractivity (Wildman–Crippen MR) is 157 cm³/mol. The Morgan fingerprint density at radius 1 is 1.05 bits per heavy atom. The Labute approximate surface area is 250 Å². The number of hydrogen-bond donors (Lipinski definition) is 1. The van der Waals surface area contributed by atoms with Crippen LogP contribution in [0.15, 0.2) is 79.1 Å². The van der Waals surface area contributed by atoms with Crippen LogP contribution in [-0.2, 0) is 25.4 Å². The molecule has 2 amide bonds. The van der Waals surface area contributed by atoms with E-state index in [1.165, 1.54) is 29.4 Å². The molecule has 0 saturated carbocycles. The van der Waals surface area contributed by atoms with Crippen LogP contribution in [0.25, 0.3) is 0 Å². The molecular weight excluding hydrogens is 572 g/mol. The van der Waals surface area contributed by atoms with Crippen molar-refractivity contribution in [2.24, 2.45) is 5.92 Å². The van der Waals surface area contributed by atoms with Crippen molar-refractivity contribution in [2.75, 3.05) is 13.1 Å². The maximum Gasteiger partial charge on any atom is 0.251 e. The Balaban J connectivity index is 1.27. The minimum absolute atomic E-state index is 0.0557. The summed E-state index contributed by atoms with van der Waals surface area (Å²) < 4.78 is 34.0. The van der Waals surface area contributed by atoms with Crippen molar-refractivity contribution >= 4 is 27.6 Å². The van der Waals surface area contributed by atoms with Gasteiger partial charge in [-0.1, -0.05) is 32.0 Å². The van der Waals surface area contributed by atoms with Crippen molar-refractivity contribution in [3.63, 3.8) is 0 Å². The second kappa shape index (κ2) is 12.5. The molecule has 3 heterocycles. The number of ketones is 1. The molecular formula is C31H34N4O7S. The molecule has 2 aliphatic rings. The summed E-state index contributed by atoms with van der Waals surface area (Å²) in [6.07, 6.45) is 3.07. The zero-order valence-electron chi connectivity index (χ0n) is 24.0. The van der Waals surface area contributed by atoms with Crippen molar-refractivity contribution < 1.29 is 32.3 Å². The van der Waals surface area contributed by atoms with E-state index < -0.39 is 45.7 Å². The maximum absolute atomic E-state index is 13.8. The Bertz CT molecular complexity index is 1600. The quantitative estimate of drug-likeness (QED) is 0.276. The fourth-order valence-electron chi connectivity index (χ4n) is 5.70. The predicted octanol–water partition coefficient (Wildman–Crippen LogP) is 2.64. The number of ether oxygens (including phenoxy) is 1. The van der Waals surface area contributed by atoms with E-state index in [0.717, 1.165) is 4.31 Å². The maximum atomic E-state index is 13.8. The van der Waals surface area contributed by atoms with Crippen LogP contribution in [0.5, 0.6) is 11.5 Å². The molecule has 2 saturated heterocycles. The van der Waals surface area contributed by atoms with Gasteiger partial charge in [-0.05, 0) is 61.2 Å². The third-order valence-electron chi connectivity index (χ3n) is 7.61. The SMILES string of the molecule is CC(C)CC(NC(=O)c1ccc(Oc2ccccc2)cc1)C(=O)N1CCC2C1C(=O)CN2S(=O)(=O)Cc1ccc[n+]([O-])c1. The lowest BCUT2D eigenvalue weighted by Crippen LogP contribution is -2.53. The Morgan fingerprint density at radius 3 is 2.42 bits per heavy atom. The number of rotatable bonds is 10. The molecule has 3 unspecified atom stereocenters. The highest BCUT2D eigenvalue weighted by molar-refractivity contribution is 7.88. The van der Waals surface area contributed by atoms with Gasteiger partial charge in [0.25, 0.3) is 5.91 Å². The van der Waals surface area contributed by atoms with Gasteiger partial charge in [-0.2, -0.15) is 9.04 Å². The van der Waals surface area contributed by atoms with Crippen LogP contribution in [0.3, 0.4) is 0 Å². The molecule has 0 bridgehead atoms. The number of likely N-dealkylation sites (tertiary alicyclic amines) is 1. The molecule has 2 fully saturated rings. The number of sulfonamides is 1. The number of Topliss-reactive ketones (excluding diaryl/α,β-unsaturated/α-hetero) is 1. The van der Waals surface area contributed by atoms with Crippen molar-refractivity contribution in [2.45, 2.75) is 50.6 Å². The Hall–Kier alpha value is -4.29. The highest BCUT2D eigenvalue weighted by Crippen LogP contribution is 2.33. The molecule has 1 aromatic heterocycles. The highest BCUT2D eigenvalue weighted by Gasteiger charge is 2.54. The van der Waals surface area contributed by atoms with Crippen LogP contribution in [0.1, 0.15) is 42.6 Å². The largest absolute Gasteiger partial charge is 0.619 e. The van der Waals surface area contributed by atoms with Crippen LogP contribution in [0.2, 0.25) is 0 Å². The van der Waals surface area contributed by atoms with Crippen molar-refractivity contribution in [1.82, 2.24) is 14.5 Å². The molecule has 0 spiro atoms. The molecule has 2 aliphatic heterocycles. The molecule has 5 rings (SSSR count). The average Bonchev–Trinajstić information content (AvgIpc) is 3.54. The summed E-state index contributed by atoms with van der Waals surface area (Å²) in [7, 11) is -3.94. The van der Waals surface area contributed by atoms with Crippen molar-refractivity contribution in [3.8, 4) is 11.5 Å². The molecule has 43 heavy (non-hydrogen) atoms. The normalized spacial score (nSPS) is 19.3. The Kier molecular flexibility index (Phi) is 8.79. The van der Waals surface area contributed by atoms with Gasteiger partial charge in [-0.3, -0.25) is 14.4 Å². The summed E-state index contributed by atoms with van der Waals surface area (Å²) in [6.45, 7) is 3.70. The van der Waals surface area contributed by atoms with Gasteiger partial charge in [-0.25, -0.2) is 8.42 Å². The molecule has 12 heteroatoms. The summed E-state index contributed by atoms with van der Waals surface area (Å²) in [5, 5.41) is 14.5. The second-order valence-electron chi connectivity index (χ2n) is 11.3. The minimum Gasteiger partial charge on any atom is -0.619 e. The van der Waals surface area contributed by atoms with Gasteiger partial charge in [0.1, 0.15) is 23.6 Å². The van der Waals surface area contributed by atoms with Gasteiger partial charge in [0, 0.05) is 23.7 Å². The number of nitrogens with one attached hydrogen (secondary N) is 1. The zero-order chi connectivity index (χ0) is 30.7. The van der Waals surface area contributed by atoms with Crippen molar-refractivity contribution in [1.29, 1.82) is 0 Å². The van der Waals surface area contributed by atoms with E-state index in [2.05, 4.69) is 5.32 Å². The van der Waals surface area contributed by atoms with E-state index in [-0.39, 0.29) is 24.8 Å². The fourth-order valence-corrected chi connectivity index (χ4v) is 7.41. The lowest BCUT2D eigenvalue weighted by molar-refractivity contribution is -0.605. The lowest BCUT2D eigenvalue weighted by Gasteiger charge is -2.29. The van der Waals surface area contributed by atoms with Crippen LogP contribution in [0, 0.1) is 11.1 Å². The van der Waals surface area contributed by atoms with E-state index in [9.17, 15) is 28.0 Å². The number of benzene rings is 2. The van der Waals surface area contributed by atoms with E-state index in [0.29, 0.717) is 40.2 Å². The van der Waals surface area contributed by atoms with Gasteiger partial charge >= 0.3 is 0 Å². The first-order valence-corrected chi connectivity index (χ1v) is 15.8. The highest BCUT2D eigenvalue weighted by atomic mass is 32.2. The first kappa shape index (κ1) is 30.2. The summed E-state index contributed by atoms with van der Waals surface area (Å²) in [4.78, 5) is 41.6. The van der Waals surface area contributed by atoms with Gasteiger partial charge < -0.3 is 20.2 Å². The molecule has 1 N–H and O–H groups in total. The number of hydrogen-bond acceptors (Lipinski definition) is 7. The molecule has 2 aromatic carbocycles. The molecule has 0 radical (unpaired) electrons. The molecule has 11 nitrogen and oxygen atoms in total. The van der Waals surface area contributed by atoms with Crippen LogP contribution in [-0.4, -0.2) is 66.4 Å². The topological polar surface area (TPSA) is 140 Å². The molecule has 226 valence electrons. The van der Waals surface area contributed by atoms with Crippen molar-refractivity contribution in [3.05, 3.63) is 95.5 Å². The van der Waals surface area contributed by atoms with E-state index >= 15 is 0 Å². The fraction of sp³-hybridized carbons (Fsp3) is 0.355. The molecule has 0 aliphatic carbocycles. The number of nitrogens with zero attached hydrogens (tertiary/aromatic N) is 3. The van der Waals surface area contributed by atoms with Crippen LogP contribution < -0.4 is 14.8 Å². The van der Waals surface area contributed by atoms with Gasteiger partial charge in [-0.15, -0.1) is 0 Å². The Morgan fingerprint density at radius 2 is 1.74 bits per heavy atom. The number of fused-ring (bicyclic) bond motifs is 1. The van der Waals surface area contributed by atoms with Crippen LogP contribution >= 0.6 is 0 Å². The van der Waals surface area contributed by atoms with E-state index in [4.69, 9.17) is 4.74 Å². The summed E-state index contributed by atoms with van der Waals surface area (Å²) in [5.41, 5.74) is 0.648. The number of amides is 2. The van der Waals surface area contributed by atoms with E-state index in [1.54, 1.807) is 24.3 Å². The average molecular weight is 607 g/mol. The standard InChI is InChI=1S/C31H34N4O7S/c1-21(2)17-26(32-30(37)23-10-12-25(13-11-23)42-24-8-4-3-5-9-24)31(38)34-16-14-27-29(34)28(36)19-35(27)43(40,41)20-22-7-6-15-33(39)18-22/h3-13,15,18,21,26-27,29H,14,16-17,19-20H2,1-2H3,(H,32,37). The van der Waals surface area contributed by atoms with Gasteiger partial charge in [0.15, 0.2) is 18.2 Å². The van der Waals surface area contributed by atoms with Crippen LogP contribution in [0.4, 0.5) is 0 Å². The third-order valence-corrected chi connectivity index (χ3v) is 9.42. The monoisotopic (exact) mass is 606 g/mol. The van der Waals surface area contributed by atoms with E-state index in [1.807, 2.05) is 44.2 Å². The first-order chi connectivity index (χ1) is 20.5. The number of para-hydroxylation sites is 1. The molecule has 3 aromatic rings. The minimum atomic E-state index is -3.94. The second-order valence-corrected chi connectivity index (χ2v) is 13.2. The zero-order valence-corrected chi connectivity index (χ0v) is 24.8. The summed E-state index contributed by atoms with van der Waals surface area (Å²) in [6, 6.07) is 16.3. The number of pyridine rings is 1. The lowest BCUT2D eigenvalue weighted by atomic mass is 10.0. The van der Waals surface area contributed by atoms with Gasteiger partial charge in [0.2, 0.25) is 15.9 Å². The summed E-state index contributed by atoms with van der Waals surface area (Å²) >= 11 is 0. The number of carbonyl (C=O) groups excluding carboxylic acids is 3.